The molecule has 0 amide bonds. The lowest BCUT2D eigenvalue weighted by atomic mass is 9.92. The van der Waals surface area contributed by atoms with Gasteiger partial charge in [-0.2, -0.15) is 0 Å². The second-order valence-electron chi connectivity index (χ2n) is 12.4. The molecule has 49 heavy (non-hydrogen) atoms. The Hall–Kier alpha value is -6.58. The Labute approximate surface area is 282 Å². The van der Waals surface area contributed by atoms with Crippen molar-refractivity contribution in [2.24, 2.45) is 0 Å². The average molecular weight is 628 g/mol. The summed E-state index contributed by atoms with van der Waals surface area (Å²) >= 11 is 0. The fourth-order valence-electron chi connectivity index (χ4n) is 7.51. The van der Waals surface area contributed by atoms with Crippen LogP contribution in [0.2, 0.25) is 0 Å². The lowest BCUT2D eigenvalue weighted by Gasteiger charge is -2.28. The number of anilines is 3. The van der Waals surface area contributed by atoms with Crippen molar-refractivity contribution in [2.45, 2.75) is 0 Å². The van der Waals surface area contributed by atoms with Crippen LogP contribution in [0.25, 0.3) is 76.9 Å². The first-order valence-corrected chi connectivity index (χ1v) is 16.6. The van der Waals surface area contributed by atoms with E-state index < -0.39 is 0 Å². The molecule has 0 spiro atoms. The number of rotatable bonds is 5. The largest absolute Gasteiger partial charge is 0.455 e. The summed E-state index contributed by atoms with van der Waals surface area (Å²) in [6, 6.07) is 61.8. The number of nitrogens with zero attached hydrogens (tertiary/aromatic N) is 1. The molecule has 2 aromatic heterocycles. The van der Waals surface area contributed by atoms with Gasteiger partial charge in [-0.1, -0.05) is 133 Å². The summed E-state index contributed by atoms with van der Waals surface area (Å²) in [5, 5.41) is 6.76. The van der Waals surface area contributed by atoms with Crippen molar-refractivity contribution in [1.82, 2.24) is 0 Å². The van der Waals surface area contributed by atoms with E-state index in [2.05, 4.69) is 163 Å². The Kier molecular flexibility index (Phi) is 6.18. The lowest BCUT2D eigenvalue weighted by Crippen LogP contribution is -2.11. The molecule has 0 unspecified atom stereocenters. The Balaban J connectivity index is 1.27. The molecule has 0 saturated carbocycles. The first-order valence-electron chi connectivity index (χ1n) is 16.6. The van der Waals surface area contributed by atoms with Crippen LogP contribution >= 0.6 is 0 Å². The Morgan fingerprint density at radius 1 is 0.327 bits per heavy atom. The van der Waals surface area contributed by atoms with Gasteiger partial charge >= 0.3 is 0 Å². The predicted octanol–water partition coefficient (Wildman–Crippen LogP) is 13.4. The van der Waals surface area contributed by atoms with E-state index in [1.807, 2.05) is 18.2 Å². The van der Waals surface area contributed by atoms with Crippen molar-refractivity contribution in [3.63, 3.8) is 0 Å². The molecule has 0 N–H and O–H groups in total. The molecule has 0 aliphatic carbocycles. The monoisotopic (exact) mass is 627 g/mol. The molecule has 0 aliphatic rings. The van der Waals surface area contributed by atoms with Gasteiger partial charge in [0.2, 0.25) is 0 Å². The number of fused-ring (bicyclic) bond motifs is 7. The smallest absolute Gasteiger partial charge is 0.145 e. The highest BCUT2D eigenvalue weighted by Crippen LogP contribution is 2.49. The maximum atomic E-state index is 6.86. The van der Waals surface area contributed by atoms with E-state index >= 15 is 0 Å². The first kappa shape index (κ1) is 27.5. The zero-order chi connectivity index (χ0) is 32.3. The van der Waals surface area contributed by atoms with E-state index in [1.165, 1.54) is 10.8 Å². The third-order valence-corrected chi connectivity index (χ3v) is 9.68. The molecular weight excluding hydrogens is 599 g/mol. The molecule has 0 saturated heterocycles. The molecule has 3 heteroatoms. The molecule has 0 bridgehead atoms. The topological polar surface area (TPSA) is 29.5 Å². The zero-order valence-corrected chi connectivity index (χ0v) is 26.5. The van der Waals surface area contributed by atoms with Crippen LogP contribution < -0.4 is 4.90 Å². The minimum Gasteiger partial charge on any atom is -0.455 e. The van der Waals surface area contributed by atoms with Gasteiger partial charge in [-0.25, -0.2) is 0 Å². The molecule has 2 heterocycles. The molecule has 10 aromatic rings. The van der Waals surface area contributed by atoms with Gasteiger partial charge in [-0.3, -0.25) is 0 Å². The second kappa shape index (κ2) is 11.0. The van der Waals surface area contributed by atoms with Crippen LogP contribution in [0.5, 0.6) is 0 Å². The third kappa shape index (κ3) is 4.29. The molecule has 0 fully saturated rings. The Morgan fingerprint density at radius 2 is 0.878 bits per heavy atom. The standard InChI is InChI=1S/C46H29NO2/c1-2-16-31(17-3-1)47(40-25-12-15-30-14-4-5-18-32(30)40)41-29-28-38(46-44(41)39-22-9-11-27-43(39)49-46)34-20-7-6-19-33(34)36-23-13-24-37-35-21-8-10-26-42(35)48-45(36)37/h1-29H. The van der Waals surface area contributed by atoms with Crippen molar-refractivity contribution in [1.29, 1.82) is 0 Å². The second-order valence-corrected chi connectivity index (χ2v) is 12.4. The molecule has 8 aromatic carbocycles. The fraction of sp³-hybridized carbons (Fsp3) is 0. The van der Waals surface area contributed by atoms with Gasteiger partial charge in [0.05, 0.1) is 16.8 Å². The van der Waals surface area contributed by atoms with Crippen LogP contribution in [0.1, 0.15) is 0 Å². The Bertz CT molecular complexity index is 2840. The van der Waals surface area contributed by atoms with Crippen LogP contribution in [0.4, 0.5) is 17.1 Å². The Morgan fingerprint density at radius 3 is 1.69 bits per heavy atom. The van der Waals surface area contributed by atoms with E-state index in [4.69, 9.17) is 8.83 Å². The van der Waals surface area contributed by atoms with E-state index in [1.54, 1.807) is 0 Å². The summed E-state index contributed by atoms with van der Waals surface area (Å²) in [6.45, 7) is 0. The van der Waals surface area contributed by atoms with Crippen molar-refractivity contribution >= 4 is 71.7 Å². The number of benzene rings is 8. The summed E-state index contributed by atoms with van der Waals surface area (Å²) in [7, 11) is 0. The van der Waals surface area contributed by atoms with Crippen LogP contribution in [0, 0.1) is 0 Å². The number of hydrogen-bond acceptors (Lipinski definition) is 3. The fourth-order valence-corrected chi connectivity index (χ4v) is 7.51. The van der Waals surface area contributed by atoms with Crippen LogP contribution in [-0.4, -0.2) is 0 Å². The maximum Gasteiger partial charge on any atom is 0.145 e. The highest BCUT2D eigenvalue weighted by molar-refractivity contribution is 6.19. The zero-order valence-electron chi connectivity index (χ0n) is 26.5. The van der Waals surface area contributed by atoms with Gasteiger partial charge in [-0.15, -0.1) is 0 Å². The molecule has 10 rings (SSSR count). The third-order valence-electron chi connectivity index (χ3n) is 9.68. The molecule has 0 atom stereocenters. The van der Waals surface area contributed by atoms with Gasteiger partial charge in [0.25, 0.3) is 0 Å². The summed E-state index contributed by atoms with van der Waals surface area (Å²) in [5.74, 6) is 0. The van der Waals surface area contributed by atoms with Crippen molar-refractivity contribution in [2.75, 3.05) is 4.90 Å². The minimum absolute atomic E-state index is 0.851. The summed E-state index contributed by atoms with van der Waals surface area (Å²) < 4.78 is 13.4. The number of furan rings is 2. The first-order chi connectivity index (χ1) is 24.3. The van der Waals surface area contributed by atoms with Crippen molar-refractivity contribution in [3.05, 3.63) is 176 Å². The summed E-state index contributed by atoms with van der Waals surface area (Å²) in [4.78, 5) is 2.37. The SMILES string of the molecule is c1ccc(N(c2cccc3ccccc23)c2ccc(-c3ccccc3-c3cccc4c3oc3ccccc34)c3oc4ccccc4c23)cc1. The quantitative estimate of drug-likeness (QED) is 0.190. The molecular formula is C46H29NO2. The van der Waals surface area contributed by atoms with Gasteiger partial charge in [-0.05, 0) is 59.0 Å². The maximum absolute atomic E-state index is 6.86. The number of para-hydroxylation sites is 4. The van der Waals surface area contributed by atoms with Crippen LogP contribution in [0.3, 0.4) is 0 Å². The normalized spacial score (nSPS) is 11.7. The average Bonchev–Trinajstić information content (AvgIpc) is 3.75. The predicted molar refractivity (Wildman–Crippen MR) is 204 cm³/mol. The van der Waals surface area contributed by atoms with Crippen LogP contribution in [-0.2, 0) is 0 Å². The van der Waals surface area contributed by atoms with Gasteiger partial charge in [0.1, 0.15) is 22.3 Å². The van der Waals surface area contributed by atoms with E-state index in [9.17, 15) is 0 Å². The highest BCUT2D eigenvalue weighted by Gasteiger charge is 2.24. The van der Waals surface area contributed by atoms with E-state index in [0.717, 1.165) is 83.2 Å². The van der Waals surface area contributed by atoms with Crippen LogP contribution in [0.15, 0.2) is 185 Å². The minimum atomic E-state index is 0.851. The molecule has 3 nitrogen and oxygen atoms in total. The highest BCUT2D eigenvalue weighted by atomic mass is 16.3. The van der Waals surface area contributed by atoms with Gasteiger partial charge < -0.3 is 13.7 Å². The molecule has 0 radical (unpaired) electrons. The number of hydrogen-bond donors (Lipinski definition) is 0. The molecule has 230 valence electrons. The lowest BCUT2D eigenvalue weighted by molar-refractivity contribution is 0.669. The summed E-state index contributed by atoms with van der Waals surface area (Å²) in [6.07, 6.45) is 0. The van der Waals surface area contributed by atoms with Gasteiger partial charge in [0.15, 0.2) is 0 Å². The molecule has 0 aliphatic heterocycles. The van der Waals surface area contributed by atoms with Crippen molar-refractivity contribution < 1.29 is 8.83 Å². The van der Waals surface area contributed by atoms with E-state index in [0.29, 0.717) is 0 Å². The summed E-state index contributed by atoms with van der Waals surface area (Å²) in [5.41, 5.74) is 11.0. The van der Waals surface area contributed by atoms with Crippen molar-refractivity contribution in [3.8, 4) is 22.3 Å². The van der Waals surface area contributed by atoms with Gasteiger partial charge in [0, 0.05) is 38.4 Å². The van der Waals surface area contributed by atoms with E-state index in [-0.39, 0.29) is 0 Å².